The van der Waals surface area contributed by atoms with Crippen LogP contribution in [-0.2, 0) is 0 Å². The Hall–Kier alpha value is -7.82. The lowest BCUT2D eigenvalue weighted by Crippen LogP contribution is -2.13. The van der Waals surface area contributed by atoms with Gasteiger partial charge >= 0.3 is 0 Å². The van der Waals surface area contributed by atoms with Crippen LogP contribution in [0.5, 0.6) is 0 Å². The highest BCUT2D eigenvalue weighted by Crippen LogP contribution is 2.45. The number of hydrogen-bond donors (Lipinski definition) is 0. The van der Waals surface area contributed by atoms with Crippen molar-refractivity contribution in [3.63, 3.8) is 0 Å². The van der Waals surface area contributed by atoms with Gasteiger partial charge < -0.3 is 18.8 Å². The van der Waals surface area contributed by atoms with E-state index in [0.717, 1.165) is 28.4 Å². The smallest absolute Gasteiger partial charge is 0.0645 e. The summed E-state index contributed by atoms with van der Waals surface area (Å²) in [5.41, 5.74) is 5.94. The Bertz CT molecular complexity index is 4120. The Labute approximate surface area is 352 Å². The monoisotopic (exact) mass is 752 g/mol. The zero-order chi connectivity index (χ0) is 48.6. The minimum absolute atomic E-state index is 0.00962. The second-order valence-corrected chi connectivity index (χ2v) is 14.1. The van der Waals surface area contributed by atoms with Crippen molar-refractivity contribution in [3.05, 3.63) is 218 Å². The maximum Gasteiger partial charge on any atom is 0.0645 e. The number of para-hydroxylation sites is 5. The summed E-state index contributed by atoms with van der Waals surface area (Å²) in [5.74, 6) is 0. The molecule has 4 heteroatoms. The number of fused-ring (bicyclic) bond motifs is 5. The van der Waals surface area contributed by atoms with Crippen molar-refractivity contribution in [2.45, 2.75) is 0 Å². The van der Waals surface area contributed by atoms with Gasteiger partial charge in [0, 0.05) is 66.7 Å². The van der Waals surface area contributed by atoms with Crippen molar-refractivity contribution in [3.8, 4) is 5.69 Å². The zero-order valence-electron chi connectivity index (χ0n) is 42.6. The molecule has 0 atom stereocenters. The highest BCUT2D eigenvalue weighted by molar-refractivity contribution is 6.31. The summed E-state index contributed by atoms with van der Waals surface area (Å²) in [6.45, 7) is 0. The van der Waals surface area contributed by atoms with Crippen molar-refractivity contribution >= 4 is 94.0 Å². The van der Waals surface area contributed by atoms with Crippen molar-refractivity contribution in [2.75, 3.05) is 9.80 Å². The molecule has 0 spiro atoms. The third-order valence-electron chi connectivity index (χ3n) is 10.9. The molecule has 9 aromatic carbocycles. The van der Waals surface area contributed by atoms with Crippen LogP contribution in [-0.4, -0.2) is 8.97 Å². The molecule has 0 unspecified atom stereocenters. The van der Waals surface area contributed by atoms with Crippen LogP contribution in [0.3, 0.4) is 0 Å². The van der Waals surface area contributed by atoms with E-state index < -0.39 is 54.4 Å². The maximum atomic E-state index is 9.62. The van der Waals surface area contributed by atoms with E-state index in [9.17, 15) is 11.0 Å². The highest BCUT2D eigenvalue weighted by Gasteiger charge is 2.23. The zero-order valence-corrected chi connectivity index (χ0v) is 30.6. The first-order valence-corrected chi connectivity index (χ1v) is 18.9. The van der Waals surface area contributed by atoms with Gasteiger partial charge in [-0.15, -0.1) is 0 Å². The predicted octanol–water partition coefficient (Wildman–Crippen LogP) is 14.9. The standard InChI is InChI=1S/C54H36N4/c1-4-17-37(18-5-1)55(38-19-6-2-7-20-38)40-23-12-24-41(35-40)56(39-21-8-3-9-22-39)42-25-13-26-43(36-42)57-49-32-15-28-45-47-30-14-29-46-44-27-10-11-31-48(44)58(54(46)47)51-34-16-33-50(57)53(51)52(45)49/h1-36H/i10D,11D,14D,15D,16D,27D,28D,29D,30D,31D,32D,34D. The van der Waals surface area contributed by atoms with Crippen molar-refractivity contribution in [1.29, 1.82) is 0 Å². The number of benzene rings is 9. The summed E-state index contributed by atoms with van der Waals surface area (Å²) >= 11 is 0. The Morgan fingerprint density at radius 1 is 0.345 bits per heavy atom. The van der Waals surface area contributed by atoms with Crippen LogP contribution in [0.2, 0.25) is 0 Å². The maximum absolute atomic E-state index is 9.62. The molecular weight excluding hydrogens is 705 g/mol. The van der Waals surface area contributed by atoms with Crippen LogP contribution in [0.4, 0.5) is 34.1 Å². The Morgan fingerprint density at radius 2 is 0.845 bits per heavy atom. The third-order valence-corrected chi connectivity index (χ3v) is 10.9. The van der Waals surface area contributed by atoms with Gasteiger partial charge in [-0.2, -0.15) is 0 Å². The Kier molecular flexibility index (Phi) is 5.03. The third kappa shape index (κ3) is 4.82. The van der Waals surface area contributed by atoms with Crippen LogP contribution >= 0.6 is 0 Å². The van der Waals surface area contributed by atoms with E-state index in [1.165, 1.54) is 10.5 Å². The molecular formula is C54H36N4. The number of anilines is 6. The van der Waals surface area contributed by atoms with Gasteiger partial charge in [0.1, 0.15) is 0 Å². The molecule has 0 saturated heterocycles. The summed E-state index contributed by atoms with van der Waals surface area (Å²) in [7, 11) is 0. The van der Waals surface area contributed by atoms with E-state index in [-0.39, 0.29) is 72.5 Å². The van der Waals surface area contributed by atoms with E-state index >= 15 is 0 Å². The van der Waals surface area contributed by atoms with Crippen LogP contribution in [0, 0.1) is 0 Å². The molecule has 0 amide bonds. The molecule has 0 aliphatic heterocycles. The fourth-order valence-corrected chi connectivity index (χ4v) is 8.55. The molecule has 0 N–H and O–H groups in total. The summed E-state index contributed by atoms with van der Waals surface area (Å²) in [6.07, 6.45) is 0. The lowest BCUT2D eigenvalue weighted by Gasteiger charge is -2.29. The molecule has 0 aliphatic rings. The van der Waals surface area contributed by atoms with Gasteiger partial charge in [-0.25, -0.2) is 0 Å². The van der Waals surface area contributed by atoms with Gasteiger partial charge in [0.05, 0.1) is 44.0 Å². The molecule has 12 aromatic rings. The Balaban J connectivity index is 1.20. The number of rotatable bonds is 7. The van der Waals surface area contributed by atoms with Gasteiger partial charge in [0.25, 0.3) is 0 Å². The van der Waals surface area contributed by atoms with E-state index in [1.807, 2.05) is 103 Å². The topological polar surface area (TPSA) is 15.8 Å². The first-order valence-electron chi connectivity index (χ1n) is 24.9. The predicted molar refractivity (Wildman–Crippen MR) is 245 cm³/mol. The molecule has 0 radical (unpaired) electrons. The molecule has 58 heavy (non-hydrogen) atoms. The first-order chi connectivity index (χ1) is 33.8. The first kappa shape index (κ1) is 22.7. The lowest BCUT2D eigenvalue weighted by atomic mass is 10.0. The second-order valence-electron chi connectivity index (χ2n) is 14.1. The SMILES string of the molecule is [2H]c1cc2c3c4c(c([2H])c([2H])c([2H])c4n2-c2cccc(N(c4ccccc4)c4cccc(N(c5ccccc5)c5ccccc5)c4)c2)c2c([2H])c([2H])c([2H])c4c5c([2H])c([2H])c([2H])c([2H])c5n(c3c1[2H])c24. The average molecular weight is 753 g/mol. The van der Waals surface area contributed by atoms with Crippen molar-refractivity contribution in [1.82, 2.24) is 8.97 Å². The van der Waals surface area contributed by atoms with E-state index in [4.69, 9.17) is 5.48 Å². The minimum Gasteiger partial charge on any atom is -0.310 e. The average Bonchev–Trinajstić information content (AvgIpc) is 3.86. The molecule has 0 aliphatic carbocycles. The number of nitrogens with zero attached hydrogens (tertiary/aromatic N) is 4. The molecule has 3 heterocycles. The van der Waals surface area contributed by atoms with Gasteiger partial charge in [-0.3, -0.25) is 0 Å². The van der Waals surface area contributed by atoms with Crippen LogP contribution < -0.4 is 9.80 Å². The number of hydrogen-bond acceptors (Lipinski definition) is 2. The normalized spacial score (nSPS) is 14.7. The van der Waals surface area contributed by atoms with E-state index in [2.05, 4.69) is 46.2 Å². The van der Waals surface area contributed by atoms with Gasteiger partial charge in [-0.05, 0) is 102 Å². The van der Waals surface area contributed by atoms with Crippen molar-refractivity contribution in [2.24, 2.45) is 0 Å². The van der Waals surface area contributed by atoms with Crippen LogP contribution in [0.15, 0.2) is 218 Å². The molecule has 272 valence electrons. The summed E-state index contributed by atoms with van der Waals surface area (Å²) in [6, 6.07) is 41.6. The largest absolute Gasteiger partial charge is 0.310 e. The molecule has 0 fully saturated rings. The van der Waals surface area contributed by atoms with Gasteiger partial charge in [0.2, 0.25) is 0 Å². The van der Waals surface area contributed by atoms with Crippen molar-refractivity contribution < 1.29 is 16.4 Å². The fourth-order valence-electron chi connectivity index (χ4n) is 8.55. The minimum atomic E-state index is -0.586. The Morgan fingerprint density at radius 3 is 1.53 bits per heavy atom. The number of aromatic nitrogens is 2. The van der Waals surface area contributed by atoms with Gasteiger partial charge in [-0.1, -0.05) is 121 Å². The van der Waals surface area contributed by atoms with Crippen LogP contribution in [0.25, 0.3) is 65.6 Å². The molecule has 0 saturated carbocycles. The summed E-state index contributed by atoms with van der Waals surface area (Å²) in [4.78, 5) is 4.27. The van der Waals surface area contributed by atoms with E-state index in [1.54, 1.807) is 4.57 Å². The highest BCUT2D eigenvalue weighted by atomic mass is 15.2. The molecule has 3 aromatic heterocycles. The fraction of sp³-hybridized carbons (Fsp3) is 0. The molecule has 0 bridgehead atoms. The molecule has 4 nitrogen and oxygen atoms in total. The summed E-state index contributed by atoms with van der Waals surface area (Å²) in [5, 5.41) is 0.158. The van der Waals surface area contributed by atoms with Crippen LogP contribution in [0.1, 0.15) is 16.4 Å². The van der Waals surface area contributed by atoms with E-state index in [0.29, 0.717) is 16.9 Å². The quantitative estimate of drug-likeness (QED) is 0.161. The summed E-state index contributed by atoms with van der Waals surface area (Å²) < 4.78 is 114. The van der Waals surface area contributed by atoms with Gasteiger partial charge in [0.15, 0.2) is 0 Å². The lowest BCUT2D eigenvalue weighted by molar-refractivity contribution is 1.17. The second kappa shape index (κ2) is 12.9. The molecule has 12 rings (SSSR count).